The van der Waals surface area contributed by atoms with Gasteiger partial charge >= 0.3 is 12.1 Å². The normalized spacial score (nSPS) is 17.2. The van der Waals surface area contributed by atoms with Crippen molar-refractivity contribution in [3.05, 3.63) is 113 Å². The Bertz CT molecular complexity index is 1600. The van der Waals surface area contributed by atoms with Gasteiger partial charge in [0, 0.05) is 17.3 Å². The van der Waals surface area contributed by atoms with Crippen molar-refractivity contribution < 1.29 is 29.0 Å². The van der Waals surface area contributed by atoms with Gasteiger partial charge in [-0.1, -0.05) is 66.7 Å². The number of hydrogen-bond donors (Lipinski definition) is 2. The maximum atomic E-state index is 13.4. The number of pyridine rings is 1. The molecule has 3 aromatic carbocycles. The molecule has 4 aromatic rings. The van der Waals surface area contributed by atoms with Crippen molar-refractivity contribution in [2.75, 3.05) is 18.6 Å². The van der Waals surface area contributed by atoms with Crippen molar-refractivity contribution in [1.29, 1.82) is 0 Å². The average Bonchev–Trinajstić information content (AvgIpc) is 3.10. The number of aliphatic carboxylic acids is 1. The number of imide groups is 1. The number of carboxylic acids is 1. The highest BCUT2D eigenvalue weighted by atomic mass is 16.5. The first-order valence-electron chi connectivity index (χ1n) is 13.0. The summed E-state index contributed by atoms with van der Waals surface area (Å²) in [6, 6.07) is 27.2. The summed E-state index contributed by atoms with van der Waals surface area (Å²) in [6.07, 6.45) is -2.50. The molecule has 0 fully saturated rings. The molecular weight excluding hydrogens is 522 g/mol. The lowest BCUT2D eigenvalue weighted by molar-refractivity contribution is -0.149. The zero-order valence-electron chi connectivity index (χ0n) is 22.8. The SMILES string of the molecule is COC(=O)N1C(=O)CN[C@](c2cccc(-c3ccccc3)c2)([C@H](Oc2cc(C)cc(C)n2)C(=O)O)c2ccccc21. The van der Waals surface area contributed by atoms with Crippen LogP contribution in [0, 0.1) is 13.8 Å². The molecule has 2 heterocycles. The van der Waals surface area contributed by atoms with Gasteiger partial charge in [-0.05, 0) is 54.3 Å². The van der Waals surface area contributed by atoms with Crippen LogP contribution in [0.1, 0.15) is 22.4 Å². The van der Waals surface area contributed by atoms with Crippen LogP contribution >= 0.6 is 0 Å². The van der Waals surface area contributed by atoms with Gasteiger partial charge in [0.25, 0.3) is 5.91 Å². The van der Waals surface area contributed by atoms with E-state index >= 15 is 0 Å². The second kappa shape index (κ2) is 11.2. The van der Waals surface area contributed by atoms with Crippen LogP contribution in [0.3, 0.4) is 0 Å². The van der Waals surface area contributed by atoms with E-state index in [9.17, 15) is 19.5 Å². The number of aromatic nitrogens is 1. The molecular formula is C32H29N3O6. The number of carbonyl (C=O) groups is 3. The zero-order chi connectivity index (χ0) is 29.1. The van der Waals surface area contributed by atoms with Gasteiger partial charge in [-0.15, -0.1) is 0 Å². The minimum absolute atomic E-state index is 0.119. The molecule has 0 spiro atoms. The molecule has 9 heteroatoms. The molecule has 2 amide bonds. The fraction of sp³-hybridized carbons (Fsp3) is 0.188. The van der Waals surface area contributed by atoms with Crippen LogP contribution in [0.2, 0.25) is 0 Å². The van der Waals surface area contributed by atoms with Gasteiger partial charge in [-0.2, -0.15) is 0 Å². The number of para-hydroxylation sites is 1. The Morgan fingerprint density at radius 1 is 0.951 bits per heavy atom. The summed E-state index contributed by atoms with van der Waals surface area (Å²) in [6.45, 7) is 3.27. The number of carbonyl (C=O) groups excluding carboxylic acids is 2. The van der Waals surface area contributed by atoms with E-state index in [1.54, 1.807) is 43.3 Å². The predicted molar refractivity (Wildman–Crippen MR) is 153 cm³/mol. The van der Waals surface area contributed by atoms with E-state index in [-0.39, 0.29) is 18.1 Å². The standard InChI is InChI=1S/C32H29N3O6/c1-20-16-21(2)34-27(17-20)41-29(30(37)38)32(24-13-9-12-23(18-24)22-10-5-4-6-11-22)25-14-7-8-15-26(25)35(31(39)40-3)28(36)19-33-32/h4-18,29,33H,19H2,1-3H3,(H,37,38)/t29-,32+/m1/s1. The summed E-state index contributed by atoms with van der Waals surface area (Å²) in [5.41, 5.74) is 2.65. The zero-order valence-corrected chi connectivity index (χ0v) is 22.8. The van der Waals surface area contributed by atoms with Crippen molar-refractivity contribution in [2.24, 2.45) is 0 Å². The molecule has 1 aromatic heterocycles. The molecule has 1 aliphatic heterocycles. The van der Waals surface area contributed by atoms with Crippen molar-refractivity contribution in [3.63, 3.8) is 0 Å². The van der Waals surface area contributed by atoms with Crippen molar-refractivity contribution in [1.82, 2.24) is 10.3 Å². The van der Waals surface area contributed by atoms with Gasteiger partial charge in [0.1, 0.15) is 5.54 Å². The van der Waals surface area contributed by atoms with Crippen LogP contribution < -0.4 is 15.0 Å². The molecule has 0 unspecified atom stereocenters. The predicted octanol–water partition coefficient (Wildman–Crippen LogP) is 4.84. The number of benzene rings is 3. The number of nitrogens with zero attached hydrogens (tertiary/aromatic N) is 2. The highest BCUT2D eigenvalue weighted by Crippen LogP contribution is 2.43. The third kappa shape index (κ3) is 5.15. The third-order valence-corrected chi connectivity index (χ3v) is 7.05. The summed E-state index contributed by atoms with van der Waals surface area (Å²) in [4.78, 5) is 44.8. The van der Waals surface area contributed by atoms with Gasteiger partial charge < -0.3 is 14.6 Å². The molecule has 5 rings (SSSR count). The largest absolute Gasteiger partial charge is 0.478 e. The summed E-state index contributed by atoms with van der Waals surface area (Å²) >= 11 is 0. The van der Waals surface area contributed by atoms with Gasteiger partial charge in [0.15, 0.2) is 0 Å². The molecule has 2 N–H and O–H groups in total. The third-order valence-electron chi connectivity index (χ3n) is 7.05. The minimum Gasteiger partial charge on any atom is -0.478 e. The highest BCUT2D eigenvalue weighted by molar-refractivity contribution is 6.14. The number of amides is 2. The molecule has 0 radical (unpaired) electrons. The van der Waals surface area contributed by atoms with Crippen LogP contribution in [-0.2, 0) is 19.9 Å². The van der Waals surface area contributed by atoms with E-state index in [0.717, 1.165) is 21.6 Å². The van der Waals surface area contributed by atoms with Crippen LogP contribution in [0.5, 0.6) is 5.88 Å². The molecule has 41 heavy (non-hydrogen) atoms. The van der Waals surface area contributed by atoms with Gasteiger partial charge in [0.05, 0.1) is 19.3 Å². The van der Waals surface area contributed by atoms with Crippen LogP contribution in [0.25, 0.3) is 11.1 Å². The van der Waals surface area contributed by atoms with Gasteiger partial charge in [-0.25, -0.2) is 19.5 Å². The second-order valence-electron chi connectivity index (χ2n) is 9.78. The lowest BCUT2D eigenvalue weighted by Crippen LogP contribution is -2.58. The number of nitrogens with one attached hydrogen (secondary N) is 1. The van der Waals surface area contributed by atoms with E-state index < -0.39 is 29.6 Å². The lowest BCUT2D eigenvalue weighted by atomic mass is 9.76. The Morgan fingerprint density at radius 3 is 2.37 bits per heavy atom. The van der Waals surface area contributed by atoms with E-state index in [1.807, 2.05) is 61.5 Å². The average molecular weight is 552 g/mol. The number of methoxy groups -OCH3 is 1. The number of hydrogen-bond acceptors (Lipinski definition) is 7. The molecule has 208 valence electrons. The monoisotopic (exact) mass is 551 g/mol. The molecule has 0 bridgehead atoms. The van der Waals surface area contributed by atoms with E-state index in [0.29, 0.717) is 16.8 Å². The second-order valence-corrected chi connectivity index (χ2v) is 9.78. The molecule has 0 saturated heterocycles. The Hall–Kier alpha value is -5.02. The summed E-state index contributed by atoms with van der Waals surface area (Å²) in [7, 11) is 1.18. The molecule has 9 nitrogen and oxygen atoms in total. The number of ether oxygens (including phenoxy) is 2. The number of fused-ring (bicyclic) bond motifs is 1. The first-order chi connectivity index (χ1) is 19.7. The first kappa shape index (κ1) is 27.5. The first-order valence-corrected chi connectivity index (χ1v) is 13.0. The lowest BCUT2D eigenvalue weighted by Gasteiger charge is -2.40. The van der Waals surface area contributed by atoms with Crippen molar-refractivity contribution in [3.8, 4) is 17.0 Å². The minimum atomic E-state index is -1.65. The summed E-state index contributed by atoms with van der Waals surface area (Å²) in [5, 5.41) is 14.0. The fourth-order valence-electron chi connectivity index (χ4n) is 5.34. The topological polar surface area (TPSA) is 118 Å². The Balaban J connectivity index is 1.81. The van der Waals surface area contributed by atoms with Gasteiger partial charge in [-0.3, -0.25) is 10.1 Å². The van der Waals surface area contributed by atoms with E-state index in [1.165, 1.54) is 7.11 Å². The van der Waals surface area contributed by atoms with Crippen LogP contribution in [0.15, 0.2) is 91.0 Å². The van der Waals surface area contributed by atoms with E-state index in [2.05, 4.69) is 10.3 Å². The number of anilines is 1. The fourth-order valence-corrected chi connectivity index (χ4v) is 5.34. The maximum Gasteiger partial charge on any atom is 0.420 e. The Kier molecular flexibility index (Phi) is 7.54. The van der Waals surface area contributed by atoms with Crippen LogP contribution in [0.4, 0.5) is 10.5 Å². The number of carboxylic acid groups (broad SMARTS) is 1. The molecule has 0 saturated carbocycles. The number of rotatable bonds is 6. The molecule has 0 aliphatic carbocycles. The van der Waals surface area contributed by atoms with Gasteiger partial charge in [0.2, 0.25) is 12.0 Å². The summed E-state index contributed by atoms with van der Waals surface area (Å²) in [5.74, 6) is -1.79. The van der Waals surface area contributed by atoms with Crippen molar-refractivity contribution in [2.45, 2.75) is 25.5 Å². The smallest absolute Gasteiger partial charge is 0.420 e. The molecule has 2 atom stereocenters. The highest BCUT2D eigenvalue weighted by Gasteiger charge is 2.52. The Morgan fingerprint density at radius 2 is 1.66 bits per heavy atom. The number of aryl methyl sites for hydroxylation is 2. The molecule has 1 aliphatic rings. The van der Waals surface area contributed by atoms with E-state index in [4.69, 9.17) is 9.47 Å². The quantitative estimate of drug-likeness (QED) is 0.349. The summed E-state index contributed by atoms with van der Waals surface area (Å²) < 4.78 is 11.2. The van der Waals surface area contributed by atoms with Crippen molar-refractivity contribution >= 4 is 23.7 Å². The van der Waals surface area contributed by atoms with Crippen LogP contribution in [-0.4, -0.2) is 47.8 Å². The maximum absolute atomic E-state index is 13.4. The Labute approximate surface area is 237 Å².